The van der Waals surface area contributed by atoms with Gasteiger partial charge in [-0.2, -0.15) is 6.07 Å². The summed E-state index contributed by atoms with van der Waals surface area (Å²) in [4.78, 5) is 0. The van der Waals surface area contributed by atoms with E-state index in [9.17, 15) is 0 Å². The third kappa shape index (κ3) is 4.99. The molecule has 0 saturated carbocycles. The quantitative estimate of drug-likeness (QED) is 0.242. The predicted octanol–water partition coefficient (Wildman–Crippen LogP) is 2.79. The van der Waals surface area contributed by atoms with E-state index in [0.717, 1.165) is 5.54 Å². The zero-order chi connectivity index (χ0) is 22.8. The molecule has 3 heterocycles. The number of furan rings is 1. The average Bonchev–Trinajstić information content (AvgIpc) is 3.43. The van der Waals surface area contributed by atoms with Crippen molar-refractivity contribution < 1.29 is 55.4 Å². The number of rotatable bonds is 1. The van der Waals surface area contributed by atoms with Crippen LogP contribution in [-0.4, -0.2) is 8.07 Å². The van der Waals surface area contributed by atoms with Gasteiger partial charge in [-0.1, -0.05) is 82.3 Å². The van der Waals surface area contributed by atoms with Gasteiger partial charge >= 0.3 is 26.2 Å². The first-order valence-corrected chi connectivity index (χ1v) is 14.7. The maximum atomic E-state index is 5.22. The van der Waals surface area contributed by atoms with Crippen molar-refractivity contribution in [3.8, 4) is 11.1 Å². The Bertz CT molecular complexity index is 1350. The van der Waals surface area contributed by atoms with Crippen LogP contribution in [0.2, 0.25) is 13.1 Å². The third-order valence-corrected chi connectivity index (χ3v) is 11.6. The molecule has 0 saturated heterocycles. The SMILES string of the molecule is CC1=C2c3cocc3C1[Si]2(C)C.Cc1cc2c(-c3ccc(C(C)(C)C)cc3)cccc2[cH-]1.[Cl-].[Cl-].[Zr+3]. The molecule has 181 valence electrons. The molecule has 3 aromatic carbocycles. The molecular weight excluding hydrogens is 567 g/mol. The van der Waals surface area contributed by atoms with Crippen molar-refractivity contribution in [1.82, 2.24) is 0 Å². The Hall–Kier alpha value is -1.25. The Labute approximate surface area is 242 Å². The van der Waals surface area contributed by atoms with Gasteiger partial charge < -0.3 is 29.2 Å². The van der Waals surface area contributed by atoms with Crippen molar-refractivity contribution in [3.05, 3.63) is 95.0 Å². The Balaban J connectivity index is 0.000000249. The van der Waals surface area contributed by atoms with Crippen LogP contribution in [0, 0.1) is 6.92 Å². The Morgan fingerprint density at radius 1 is 0.886 bits per heavy atom. The van der Waals surface area contributed by atoms with E-state index < -0.39 is 8.07 Å². The number of fused-ring (bicyclic) bond motifs is 1. The molecule has 1 aromatic heterocycles. The molecule has 0 N–H and O–H groups in total. The van der Waals surface area contributed by atoms with E-state index in [2.05, 4.69) is 102 Å². The monoisotopic (exact) mass is 597 g/mol. The summed E-state index contributed by atoms with van der Waals surface area (Å²) in [5.41, 5.74) is 10.8. The smallest absolute Gasteiger partial charge is 1.00 e. The fraction of sp³-hybridized carbons (Fsp3) is 0.300. The number of allylic oxidation sites excluding steroid dienone is 1. The molecule has 2 bridgehead atoms. The van der Waals surface area contributed by atoms with Crippen molar-refractivity contribution in [2.75, 3.05) is 0 Å². The van der Waals surface area contributed by atoms with Crippen molar-refractivity contribution in [3.63, 3.8) is 0 Å². The van der Waals surface area contributed by atoms with Crippen LogP contribution in [0.25, 0.3) is 27.1 Å². The summed E-state index contributed by atoms with van der Waals surface area (Å²) in [6.45, 7) is 16.1. The summed E-state index contributed by atoms with van der Waals surface area (Å²) in [6, 6.07) is 20.1. The molecule has 0 spiro atoms. The molecule has 1 unspecified atom stereocenters. The minimum Gasteiger partial charge on any atom is -1.00 e. The summed E-state index contributed by atoms with van der Waals surface area (Å²) in [5, 5.41) is 4.35. The molecule has 3 aliphatic rings. The van der Waals surface area contributed by atoms with Gasteiger partial charge in [0.1, 0.15) is 0 Å². The molecule has 35 heavy (non-hydrogen) atoms. The van der Waals surface area contributed by atoms with Crippen LogP contribution in [0.4, 0.5) is 0 Å². The minimum absolute atomic E-state index is 0. The minimum atomic E-state index is -1.04. The summed E-state index contributed by atoms with van der Waals surface area (Å²) in [5.74, 6) is 0. The number of hydrogen-bond donors (Lipinski definition) is 0. The van der Waals surface area contributed by atoms with Gasteiger partial charge in [-0.15, -0.1) is 34.5 Å². The standard InChI is InChI=1S/C20H21.C10H12OSi.2ClH.Zr/c1-14-12-16-6-5-7-18(19(16)13-14)15-8-10-17(11-9-15)20(2,3)4;1-6-9-7-4-11-5-8(7)10(6)12(9,2)3;;;/h5-13H,1-4H3;4-5,9H,1-3H3;2*1H;/q-1;;;;+3/p-2. The molecule has 0 amide bonds. The fourth-order valence-corrected chi connectivity index (χ4v) is 10.3. The fourth-order valence-electron chi connectivity index (χ4n) is 5.96. The van der Waals surface area contributed by atoms with E-state index >= 15 is 0 Å². The van der Waals surface area contributed by atoms with Gasteiger partial charge in [0, 0.05) is 16.7 Å². The third-order valence-electron chi connectivity index (χ3n) is 7.42. The molecule has 0 fully saturated rings. The molecule has 1 radical (unpaired) electrons. The number of aryl methyl sites for hydroxylation is 1. The van der Waals surface area contributed by atoms with Gasteiger partial charge in [-0.25, -0.2) is 0 Å². The Morgan fingerprint density at radius 3 is 2.11 bits per heavy atom. The van der Waals surface area contributed by atoms with E-state index in [-0.39, 0.29) is 56.4 Å². The van der Waals surface area contributed by atoms with Crippen molar-refractivity contribution in [1.29, 1.82) is 0 Å². The van der Waals surface area contributed by atoms with Crippen molar-refractivity contribution in [2.45, 2.75) is 58.7 Å². The molecule has 7 rings (SSSR count). The van der Waals surface area contributed by atoms with Gasteiger partial charge in [0.2, 0.25) is 0 Å². The summed E-state index contributed by atoms with van der Waals surface area (Å²) in [7, 11) is -1.04. The molecule has 1 nitrogen and oxygen atoms in total. The zero-order valence-electron chi connectivity index (χ0n) is 21.6. The van der Waals surface area contributed by atoms with Crippen LogP contribution in [0.5, 0.6) is 0 Å². The number of benzene rings is 2. The van der Waals surface area contributed by atoms with Crippen molar-refractivity contribution >= 4 is 24.0 Å². The van der Waals surface area contributed by atoms with Crippen LogP contribution in [0.3, 0.4) is 0 Å². The molecular formula is C30H33Cl2OSiZr. The second kappa shape index (κ2) is 10.6. The number of halogens is 2. The van der Waals surface area contributed by atoms with Gasteiger partial charge in [0.15, 0.2) is 0 Å². The maximum Gasteiger partial charge on any atom is 3.00 e. The van der Waals surface area contributed by atoms with Gasteiger partial charge in [-0.05, 0) is 28.7 Å². The van der Waals surface area contributed by atoms with Crippen LogP contribution in [-0.2, 0) is 31.6 Å². The summed E-state index contributed by atoms with van der Waals surface area (Å²) >= 11 is 0. The first-order chi connectivity index (χ1) is 15.1. The van der Waals surface area contributed by atoms with Crippen LogP contribution >= 0.6 is 0 Å². The molecule has 1 atom stereocenters. The first-order valence-electron chi connectivity index (χ1n) is 11.6. The van der Waals surface area contributed by atoms with Gasteiger partial charge in [0.25, 0.3) is 0 Å². The van der Waals surface area contributed by atoms with E-state index in [0.29, 0.717) is 0 Å². The average molecular weight is 600 g/mol. The first kappa shape index (κ1) is 30.0. The molecule has 2 aliphatic heterocycles. The maximum absolute atomic E-state index is 5.22. The summed E-state index contributed by atoms with van der Waals surface area (Å²) < 4.78 is 5.22. The zero-order valence-corrected chi connectivity index (χ0v) is 26.6. The topological polar surface area (TPSA) is 13.1 Å². The van der Waals surface area contributed by atoms with Crippen LogP contribution in [0.1, 0.15) is 55.5 Å². The largest absolute Gasteiger partial charge is 3.00 e. The van der Waals surface area contributed by atoms with E-state index in [1.807, 2.05) is 12.5 Å². The van der Waals surface area contributed by atoms with Crippen molar-refractivity contribution in [2.24, 2.45) is 0 Å². The second-order valence-corrected chi connectivity index (χ2v) is 15.6. The Kier molecular flexibility index (Phi) is 9.10. The molecule has 1 aliphatic carbocycles. The van der Waals surface area contributed by atoms with Crippen LogP contribution in [0.15, 0.2) is 77.1 Å². The van der Waals surface area contributed by atoms with Gasteiger partial charge in [-0.3, -0.25) is 0 Å². The Morgan fingerprint density at radius 2 is 1.54 bits per heavy atom. The molecule has 5 heteroatoms. The number of hydrogen-bond acceptors (Lipinski definition) is 1. The second-order valence-electron chi connectivity index (χ2n) is 11.1. The molecule has 4 aromatic rings. The van der Waals surface area contributed by atoms with Crippen LogP contribution < -0.4 is 24.8 Å². The van der Waals surface area contributed by atoms with E-state index in [4.69, 9.17) is 4.42 Å². The van der Waals surface area contributed by atoms with E-state index in [1.165, 1.54) is 44.2 Å². The van der Waals surface area contributed by atoms with Gasteiger partial charge in [0.05, 0.1) is 20.6 Å². The summed E-state index contributed by atoms with van der Waals surface area (Å²) in [6.07, 6.45) is 3.87. The van der Waals surface area contributed by atoms with E-state index in [1.54, 1.807) is 10.8 Å². The normalized spacial score (nSPS) is 16.7. The predicted molar refractivity (Wildman–Crippen MR) is 140 cm³/mol.